The van der Waals surface area contributed by atoms with Crippen molar-refractivity contribution in [3.05, 3.63) is 71.8 Å². The molecule has 12 nitrogen and oxygen atoms in total. The quantitative estimate of drug-likeness (QED) is 0.197. The van der Waals surface area contributed by atoms with Crippen LogP contribution in [0.4, 0.5) is 5.82 Å². The topological polar surface area (TPSA) is 170 Å². The Morgan fingerprint density at radius 1 is 1.05 bits per heavy atom. The highest BCUT2D eigenvalue weighted by Gasteiger charge is 2.44. The Morgan fingerprint density at radius 2 is 1.79 bits per heavy atom. The summed E-state index contributed by atoms with van der Waals surface area (Å²) in [6, 6.07) is 13.7. The third-order valence-corrected chi connectivity index (χ3v) is 7.05. The van der Waals surface area contributed by atoms with E-state index in [0.29, 0.717) is 41.6 Å². The smallest absolute Gasteiger partial charge is 0.167 e. The van der Waals surface area contributed by atoms with Crippen LogP contribution >= 0.6 is 0 Å². The van der Waals surface area contributed by atoms with Gasteiger partial charge in [-0.2, -0.15) is 0 Å². The van der Waals surface area contributed by atoms with Crippen LogP contribution in [0.15, 0.2) is 55.1 Å². The van der Waals surface area contributed by atoms with Gasteiger partial charge in [0, 0.05) is 25.1 Å². The summed E-state index contributed by atoms with van der Waals surface area (Å²) in [7, 11) is 3.22. The molecule has 4 aromatic rings. The molecule has 1 unspecified atom stereocenters. The van der Waals surface area contributed by atoms with E-state index in [1.54, 1.807) is 14.2 Å². The molecule has 2 aromatic carbocycles. The molecule has 12 heteroatoms. The fraction of sp³-hybridized carbons (Fsp3) is 0.370. The van der Waals surface area contributed by atoms with Crippen molar-refractivity contribution in [1.29, 1.82) is 0 Å². The lowest BCUT2D eigenvalue weighted by atomic mass is 9.87. The number of aliphatic hydroxyl groups is 3. The van der Waals surface area contributed by atoms with Gasteiger partial charge in [-0.3, -0.25) is 4.57 Å². The summed E-state index contributed by atoms with van der Waals surface area (Å²) in [5.41, 5.74) is 9.98. The Kier molecular flexibility index (Phi) is 7.91. The molecule has 2 aromatic heterocycles. The Bertz CT molecular complexity index is 1410. The van der Waals surface area contributed by atoms with E-state index in [-0.39, 0.29) is 5.92 Å². The fourth-order valence-electron chi connectivity index (χ4n) is 4.97. The van der Waals surface area contributed by atoms with Crippen molar-refractivity contribution in [2.75, 3.05) is 32.7 Å². The summed E-state index contributed by atoms with van der Waals surface area (Å²) < 4.78 is 18.2. The molecule has 0 aliphatic carbocycles. The van der Waals surface area contributed by atoms with E-state index in [1.807, 2.05) is 42.5 Å². The Hall–Kier alpha value is -3.81. The second kappa shape index (κ2) is 11.5. The molecule has 5 atom stereocenters. The Morgan fingerprint density at radius 3 is 2.46 bits per heavy atom. The number of hydrogen-bond acceptors (Lipinski definition) is 11. The first-order chi connectivity index (χ1) is 19.0. The molecule has 1 aliphatic heterocycles. The van der Waals surface area contributed by atoms with E-state index in [1.165, 1.54) is 17.2 Å². The number of aliphatic hydroxyl groups excluding tert-OH is 3. The maximum absolute atomic E-state index is 10.5. The SMILES string of the molecule is COc1cc(OC)cc(C(CNc2ncnc3c2ncn3[C@@H]2O[C@H](CO)[C@@H](O)[C@H]2O)c2ccccc2CN)c1. The maximum Gasteiger partial charge on any atom is 0.167 e. The lowest BCUT2D eigenvalue weighted by molar-refractivity contribution is -0.0511. The number of ether oxygens (including phenoxy) is 3. The molecule has 206 valence electrons. The van der Waals surface area contributed by atoms with E-state index >= 15 is 0 Å². The number of fused-ring (bicyclic) bond motifs is 1. The Labute approximate surface area is 225 Å². The molecule has 0 saturated carbocycles. The molecular weight excluding hydrogens is 504 g/mol. The predicted molar refractivity (Wildman–Crippen MR) is 143 cm³/mol. The van der Waals surface area contributed by atoms with E-state index < -0.39 is 31.1 Å². The summed E-state index contributed by atoms with van der Waals surface area (Å²) in [6.45, 7) is 0.379. The lowest BCUT2D eigenvalue weighted by Gasteiger charge is -2.23. The number of rotatable bonds is 10. The predicted octanol–water partition coefficient (Wildman–Crippen LogP) is 1.16. The van der Waals surface area contributed by atoms with Gasteiger partial charge in [-0.1, -0.05) is 24.3 Å². The molecule has 6 N–H and O–H groups in total. The van der Waals surface area contributed by atoms with E-state index in [2.05, 4.69) is 20.3 Å². The minimum absolute atomic E-state index is 0.152. The number of imidazole rings is 1. The molecule has 39 heavy (non-hydrogen) atoms. The van der Waals surface area contributed by atoms with E-state index in [9.17, 15) is 15.3 Å². The average molecular weight is 537 g/mol. The molecule has 0 bridgehead atoms. The van der Waals surface area contributed by atoms with Crippen LogP contribution in [0.3, 0.4) is 0 Å². The molecule has 1 fully saturated rings. The number of benzene rings is 2. The van der Waals surface area contributed by atoms with Gasteiger partial charge < -0.3 is 40.6 Å². The van der Waals surface area contributed by atoms with Gasteiger partial charge in [0.05, 0.1) is 27.2 Å². The highest BCUT2D eigenvalue weighted by atomic mass is 16.6. The van der Waals surface area contributed by atoms with Gasteiger partial charge in [-0.15, -0.1) is 0 Å². The summed E-state index contributed by atoms with van der Waals surface area (Å²) in [4.78, 5) is 13.2. The van der Waals surface area contributed by atoms with E-state index in [0.717, 1.165) is 16.7 Å². The number of methoxy groups -OCH3 is 2. The number of nitrogens with zero attached hydrogens (tertiary/aromatic N) is 4. The third-order valence-electron chi connectivity index (χ3n) is 7.05. The second-order valence-corrected chi connectivity index (χ2v) is 9.26. The fourth-order valence-corrected chi connectivity index (χ4v) is 4.97. The first kappa shape index (κ1) is 26.8. The van der Waals surface area contributed by atoms with Crippen LogP contribution < -0.4 is 20.5 Å². The van der Waals surface area contributed by atoms with Crippen LogP contribution in [-0.4, -0.2) is 80.5 Å². The zero-order chi connectivity index (χ0) is 27.5. The van der Waals surface area contributed by atoms with Crippen molar-refractivity contribution in [3.63, 3.8) is 0 Å². The van der Waals surface area contributed by atoms with Gasteiger partial charge in [0.15, 0.2) is 23.2 Å². The molecule has 0 amide bonds. The van der Waals surface area contributed by atoms with Crippen LogP contribution in [0.2, 0.25) is 0 Å². The maximum atomic E-state index is 10.5. The normalized spacial score (nSPS) is 21.7. The third kappa shape index (κ3) is 5.12. The van der Waals surface area contributed by atoms with Crippen LogP contribution in [0.25, 0.3) is 11.2 Å². The standard InChI is InChI=1S/C27H32N6O6/c1-37-17-7-16(8-18(9-17)38-2)20(19-6-4-3-5-15(19)10-28)11-29-25-22-26(31-13-30-25)33(14-32-22)27-24(36)23(35)21(12-34)39-27/h3-9,13-14,20-21,23-24,27,34-36H,10-12,28H2,1-2H3,(H,29,30,31)/t20?,21-,23-,24-,27-/m1/s1. The lowest BCUT2D eigenvalue weighted by Crippen LogP contribution is -2.33. The zero-order valence-corrected chi connectivity index (χ0v) is 21.6. The van der Waals surface area contributed by atoms with Crippen molar-refractivity contribution in [1.82, 2.24) is 19.5 Å². The minimum Gasteiger partial charge on any atom is -0.497 e. The number of anilines is 1. The highest BCUT2D eigenvalue weighted by molar-refractivity contribution is 5.82. The number of nitrogens with one attached hydrogen (secondary N) is 1. The van der Waals surface area contributed by atoms with Crippen LogP contribution in [-0.2, 0) is 11.3 Å². The molecule has 0 spiro atoms. The number of nitrogens with two attached hydrogens (primary N) is 1. The first-order valence-electron chi connectivity index (χ1n) is 12.5. The van der Waals surface area contributed by atoms with Gasteiger partial charge in [0.25, 0.3) is 0 Å². The highest BCUT2D eigenvalue weighted by Crippen LogP contribution is 2.35. The number of hydrogen-bond donors (Lipinski definition) is 5. The summed E-state index contributed by atoms with van der Waals surface area (Å²) in [5, 5.41) is 33.6. The molecule has 0 radical (unpaired) electrons. The number of aromatic nitrogens is 4. The Balaban J connectivity index is 1.49. The average Bonchev–Trinajstić information content (AvgIpc) is 3.53. The van der Waals surface area contributed by atoms with Gasteiger partial charge in [0.1, 0.15) is 36.1 Å². The van der Waals surface area contributed by atoms with Gasteiger partial charge in [-0.05, 0) is 28.8 Å². The first-order valence-corrected chi connectivity index (χ1v) is 12.5. The van der Waals surface area contributed by atoms with Gasteiger partial charge in [0.2, 0.25) is 0 Å². The molecule has 5 rings (SSSR count). The molecule has 3 heterocycles. The van der Waals surface area contributed by atoms with Crippen molar-refractivity contribution in [2.24, 2.45) is 5.73 Å². The van der Waals surface area contributed by atoms with Crippen molar-refractivity contribution in [2.45, 2.75) is 37.0 Å². The molecule has 1 aliphatic rings. The summed E-state index contributed by atoms with van der Waals surface area (Å²) in [6.07, 6.45) is -1.50. The van der Waals surface area contributed by atoms with Crippen LogP contribution in [0, 0.1) is 0 Å². The minimum atomic E-state index is -1.26. The zero-order valence-electron chi connectivity index (χ0n) is 21.6. The summed E-state index contributed by atoms with van der Waals surface area (Å²) >= 11 is 0. The van der Waals surface area contributed by atoms with Crippen molar-refractivity contribution >= 4 is 17.0 Å². The second-order valence-electron chi connectivity index (χ2n) is 9.26. The van der Waals surface area contributed by atoms with Gasteiger partial charge in [-0.25, -0.2) is 15.0 Å². The monoisotopic (exact) mass is 536 g/mol. The van der Waals surface area contributed by atoms with E-state index in [4.69, 9.17) is 19.9 Å². The summed E-state index contributed by atoms with van der Waals surface area (Å²) in [5.74, 6) is 1.67. The van der Waals surface area contributed by atoms with Crippen molar-refractivity contribution < 1.29 is 29.5 Å². The largest absolute Gasteiger partial charge is 0.497 e. The van der Waals surface area contributed by atoms with Crippen molar-refractivity contribution in [3.8, 4) is 11.5 Å². The van der Waals surface area contributed by atoms with Crippen LogP contribution in [0.1, 0.15) is 28.8 Å². The van der Waals surface area contributed by atoms with Crippen LogP contribution in [0.5, 0.6) is 11.5 Å². The molecule has 1 saturated heterocycles. The molecular formula is C27H32N6O6. The van der Waals surface area contributed by atoms with Gasteiger partial charge >= 0.3 is 0 Å².